The van der Waals surface area contributed by atoms with Gasteiger partial charge in [-0.25, -0.2) is 0 Å². The van der Waals surface area contributed by atoms with Crippen molar-refractivity contribution in [3.05, 3.63) is 0 Å². The van der Waals surface area contributed by atoms with Crippen molar-refractivity contribution in [3.63, 3.8) is 0 Å². The zero-order valence-electron chi connectivity index (χ0n) is 6.01. The second kappa shape index (κ2) is 4.68. The largest absolute Gasteiger partial charge is 0.468 e. The number of esters is 1. The van der Waals surface area contributed by atoms with E-state index in [1.165, 1.54) is 18.9 Å². The Morgan fingerprint density at radius 2 is 2.33 bits per heavy atom. The molecule has 2 nitrogen and oxygen atoms in total. The molecule has 0 amide bonds. The van der Waals surface area contributed by atoms with Crippen molar-refractivity contribution in [2.75, 3.05) is 13.4 Å². The maximum absolute atomic E-state index is 10.7. The number of rotatable bonds is 3. The molecule has 9 heavy (non-hydrogen) atoms. The Kier molecular flexibility index (Phi) is 4.58. The Balaban J connectivity index is 3.64. The van der Waals surface area contributed by atoms with Gasteiger partial charge < -0.3 is 4.74 Å². The van der Waals surface area contributed by atoms with Crippen LogP contribution in [0.5, 0.6) is 0 Å². The number of hydrogen-bond acceptors (Lipinski definition) is 3. The quantitative estimate of drug-likeness (QED) is 0.564. The van der Waals surface area contributed by atoms with Gasteiger partial charge in [0.05, 0.1) is 7.11 Å². The summed E-state index contributed by atoms with van der Waals surface area (Å²) in [6, 6.07) is 0. The van der Waals surface area contributed by atoms with Gasteiger partial charge in [0.1, 0.15) is 5.25 Å². The molecule has 0 N–H and O–H groups in total. The van der Waals surface area contributed by atoms with Crippen LogP contribution < -0.4 is 0 Å². The Labute approximate surface area is 60.0 Å². The lowest BCUT2D eigenvalue weighted by Gasteiger charge is -2.07. The topological polar surface area (TPSA) is 26.3 Å². The molecule has 0 aromatic rings. The summed E-state index contributed by atoms with van der Waals surface area (Å²) in [7, 11) is 1.42. The zero-order chi connectivity index (χ0) is 7.28. The summed E-state index contributed by atoms with van der Waals surface area (Å²) >= 11 is 1.53. The van der Waals surface area contributed by atoms with Crippen LogP contribution in [-0.4, -0.2) is 24.6 Å². The van der Waals surface area contributed by atoms with Crippen LogP contribution >= 0.6 is 11.8 Å². The second-order valence-corrected chi connectivity index (χ2v) is 2.70. The lowest BCUT2D eigenvalue weighted by molar-refractivity contribution is -0.139. The minimum Gasteiger partial charge on any atom is -0.468 e. The van der Waals surface area contributed by atoms with Crippen molar-refractivity contribution in [2.24, 2.45) is 0 Å². The van der Waals surface area contributed by atoms with E-state index in [0.717, 1.165) is 6.42 Å². The minimum absolute atomic E-state index is 0.0231. The summed E-state index contributed by atoms with van der Waals surface area (Å²) in [6.45, 7) is 1.97. The Hall–Kier alpha value is -0.180. The molecule has 0 aliphatic rings. The maximum Gasteiger partial charge on any atom is 0.318 e. The van der Waals surface area contributed by atoms with Gasteiger partial charge in [0, 0.05) is 0 Å². The van der Waals surface area contributed by atoms with Gasteiger partial charge in [-0.3, -0.25) is 4.79 Å². The first-order valence-electron chi connectivity index (χ1n) is 2.86. The van der Waals surface area contributed by atoms with Crippen molar-refractivity contribution >= 4 is 17.7 Å². The van der Waals surface area contributed by atoms with Gasteiger partial charge in [0.25, 0.3) is 0 Å². The highest BCUT2D eigenvalue weighted by Gasteiger charge is 2.13. The molecule has 0 radical (unpaired) electrons. The van der Waals surface area contributed by atoms with Gasteiger partial charge in [-0.05, 0) is 12.7 Å². The first-order valence-corrected chi connectivity index (χ1v) is 4.15. The number of methoxy groups -OCH3 is 1. The summed E-state index contributed by atoms with van der Waals surface area (Å²) < 4.78 is 4.53. The molecule has 0 aliphatic carbocycles. The van der Waals surface area contributed by atoms with Crippen LogP contribution in [0.1, 0.15) is 13.3 Å². The van der Waals surface area contributed by atoms with Crippen molar-refractivity contribution in [2.45, 2.75) is 18.6 Å². The molecule has 0 aromatic heterocycles. The third kappa shape index (κ3) is 2.75. The highest BCUT2D eigenvalue weighted by atomic mass is 32.2. The van der Waals surface area contributed by atoms with E-state index in [9.17, 15) is 4.79 Å². The summed E-state index contributed by atoms with van der Waals surface area (Å²) in [5.74, 6) is -0.120. The molecule has 54 valence electrons. The van der Waals surface area contributed by atoms with E-state index in [1.54, 1.807) is 0 Å². The van der Waals surface area contributed by atoms with E-state index in [4.69, 9.17) is 0 Å². The molecule has 1 atom stereocenters. The summed E-state index contributed by atoms with van der Waals surface area (Å²) in [5, 5.41) is 0.0231. The van der Waals surface area contributed by atoms with Crippen molar-refractivity contribution < 1.29 is 9.53 Å². The molecule has 0 fully saturated rings. The SMILES string of the molecule is CCC(SC)C(=O)OC. The molecule has 1 unspecified atom stereocenters. The summed E-state index contributed by atoms with van der Waals surface area (Å²) in [4.78, 5) is 10.7. The van der Waals surface area contributed by atoms with Gasteiger partial charge >= 0.3 is 5.97 Å². The van der Waals surface area contributed by atoms with Crippen LogP contribution in [0.15, 0.2) is 0 Å². The fourth-order valence-corrected chi connectivity index (χ4v) is 1.18. The molecule has 0 spiro atoms. The Morgan fingerprint density at radius 1 is 1.78 bits per heavy atom. The maximum atomic E-state index is 10.7. The fraction of sp³-hybridized carbons (Fsp3) is 0.833. The molecule has 0 saturated heterocycles. The van der Waals surface area contributed by atoms with E-state index in [-0.39, 0.29) is 11.2 Å². The molecule has 0 aliphatic heterocycles. The zero-order valence-corrected chi connectivity index (χ0v) is 6.83. The second-order valence-electron chi connectivity index (χ2n) is 1.66. The molecular weight excluding hydrogens is 136 g/mol. The molecule has 0 saturated carbocycles. The van der Waals surface area contributed by atoms with Gasteiger partial charge in [-0.15, -0.1) is 0 Å². The number of hydrogen-bond donors (Lipinski definition) is 0. The van der Waals surface area contributed by atoms with E-state index < -0.39 is 0 Å². The highest BCUT2D eigenvalue weighted by Crippen LogP contribution is 2.10. The van der Waals surface area contributed by atoms with E-state index in [1.807, 2.05) is 13.2 Å². The molecule has 0 aromatic carbocycles. The predicted octanol–water partition coefficient (Wildman–Crippen LogP) is 1.30. The standard InChI is InChI=1S/C6H12O2S/c1-4-5(9-3)6(7)8-2/h5H,4H2,1-3H3. The van der Waals surface area contributed by atoms with E-state index in [2.05, 4.69) is 4.74 Å². The average molecular weight is 148 g/mol. The minimum atomic E-state index is -0.120. The van der Waals surface area contributed by atoms with Crippen LogP contribution in [0.4, 0.5) is 0 Å². The average Bonchev–Trinajstić information content (AvgIpc) is 1.90. The normalized spacial score (nSPS) is 12.8. The summed E-state index contributed by atoms with van der Waals surface area (Å²) in [5.41, 5.74) is 0. The van der Waals surface area contributed by atoms with Crippen LogP contribution in [0, 0.1) is 0 Å². The third-order valence-corrected chi connectivity index (χ3v) is 2.21. The van der Waals surface area contributed by atoms with Gasteiger partial charge in [-0.1, -0.05) is 6.92 Å². The lowest BCUT2D eigenvalue weighted by Crippen LogP contribution is -2.16. The van der Waals surface area contributed by atoms with Crippen LogP contribution in [0.25, 0.3) is 0 Å². The predicted molar refractivity (Wildman–Crippen MR) is 39.6 cm³/mol. The van der Waals surface area contributed by atoms with E-state index >= 15 is 0 Å². The van der Waals surface area contributed by atoms with Crippen molar-refractivity contribution in [1.82, 2.24) is 0 Å². The van der Waals surface area contributed by atoms with Gasteiger partial charge in [-0.2, -0.15) is 11.8 Å². The Morgan fingerprint density at radius 3 is 2.44 bits per heavy atom. The van der Waals surface area contributed by atoms with E-state index in [0.29, 0.717) is 0 Å². The smallest absolute Gasteiger partial charge is 0.318 e. The lowest BCUT2D eigenvalue weighted by atomic mass is 10.3. The number of carbonyl (C=O) groups is 1. The fourth-order valence-electron chi connectivity index (χ4n) is 0.561. The van der Waals surface area contributed by atoms with Crippen LogP contribution in [0.2, 0.25) is 0 Å². The van der Waals surface area contributed by atoms with Crippen LogP contribution in [0.3, 0.4) is 0 Å². The van der Waals surface area contributed by atoms with Crippen molar-refractivity contribution in [1.29, 1.82) is 0 Å². The first-order chi connectivity index (χ1) is 4.26. The Bertz CT molecular complexity index is 89.1. The molecule has 0 heterocycles. The molecular formula is C6H12O2S. The number of carbonyl (C=O) groups excluding carboxylic acids is 1. The third-order valence-electron chi connectivity index (χ3n) is 1.12. The van der Waals surface area contributed by atoms with Gasteiger partial charge in [0.15, 0.2) is 0 Å². The number of ether oxygens (including phenoxy) is 1. The highest BCUT2D eigenvalue weighted by molar-refractivity contribution is 7.99. The molecule has 0 bridgehead atoms. The summed E-state index contributed by atoms with van der Waals surface area (Å²) in [6.07, 6.45) is 2.75. The molecule has 0 rings (SSSR count). The van der Waals surface area contributed by atoms with Crippen LogP contribution in [-0.2, 0) is 9.53 Å². The number of thioether (sulfide) groups is 1. The molecule has 3 heteroatoms. The van der Waals surface area contributed by atoms with Gasteiger partial charge in [0.2, 0.25) is 0 Å². The first kappa shape index (κ1) is 8.82. The monoisotopic (exact) mass is 148 g/mol. The van der Waals surface area contributed by atoms with Crippen molar-refractivity contribution in [3.8, 4) is 0 Å².